The van der Waals surface area contributed by atoms with Crippen LogP contribution in [0.4, 0.5) is 0 Å². The highest BCUT2D eigenvalue weighted by molar-refractivity contribution is 6.00. The van der Waals surface area contributed by atoms with Crippen molar-refractivity contribution in [2.24, 2.45) is 0 Å². The van der Waals surface area contributed by atoms with Crippen LogP contribution in [-0.4, -0.2) is 41.4 Å². The average molecular weight is 249 g/mol. The van der Waals surface area contributed by atoms with Crippen molar-refractivity contribution in [2.45, 2.75) is 20.8 Å². The predicted molar refractivity (Wildman–Crippen MR) is 70.3 cm³/mol. The van der Waals surface area contributed by atoms with Gasteiger partial charge in [0.25, 0.3) is 0 Å². The lowest BCUT2D eigenvalue weighted by Gasteiger charge is -2.17. The molecule has 0 fully saturated rings. The first-order valence-corrected chi connectivity index (χ1v) is 6.09. The van der Waals surface area contributed by atoms with Gasteiger partial charge in [0, 0.05) is 5.56 Å². The molecule has 1 aromatic rings. The van der Waals surface area contributed by atoms with Crippen LogP contribution in [0.3, 0.4) is 0 Å². The minimum absolute atomic E-state index is 0.0406. The topological polar surface area (TPSA) is 57.6 Å². The number of aryl methyl sites for hydroxylation is 1. The van der Waals surface area contributed by atoms with Gasteiger partial charge < -0.3 is 5.11 Å². The van der Waals surface area contributed by atoms with Crippen molar-refractivity contribution in [1.82, 2.24) is 4.90 Å². The number of benzene rings is 1. The number of carboxylic acid groups (broad SMARTS) is 1. The van der Waals surface area contributed by atoms with Gasteiger partial charge in [0.05, 0.1) is 12.1 Å². The first-order chi connectivity index (χ1) is 8.49. The Bertz CT molecular complexity index is 450. The van der Waals surface area contributed by atoms with Gasteiger partial charge in [-0.15, -0.1) is 0 Å². The van der Waals surface area contributed by atoms with E-state index < -0.39 is 5.97 Å². The molecule has 1 N–H and O–H groups in total. The van der Waals surface area contributed by atoms with E-state index in [9.17, 15) is 9.59 Å². The van der Waals surface area contributed by atoms with Gasteiger partial charge >= 0.3 is 5.97 Å². The summed E-state index contributed by atoms with van der Waals surface area (Å²) >= 11 is 0. The molecule has 0 unspecified atom stereocenters. The van der Waals surface area contributed by atoms with Crippen molar-refractivity contribution in [2.75, 3.05) is 19.6 Å². The Morgan fingerprint density at radius 2 is 1.83 bits per heavy atom. The number of Topliss-reactive ketones (excluding diaryl/α,β-unsaturated/α-hetero) is 1. The quantitative estimate of drug-likeness (QED) is 0.785. The molecule has 1 aromatic carbocycles. The molecular weight excluding hydrogens is 230 g/mol. The lowest BCUT2D eigenvalue weighted by molar-refractivity contribution is 0.0696. The summed E-state index contributed by atoms with van der Waals surface area (Å²) in [5.74, 6) is -1.04. The van der Waals surface area contributed by atoms with Crippen LogP contribution in [-0.2, 0) is 0 Å². The van der Waals surface area contributed by atoms with E-state index >= 15 is 0 Å². The van der Waals surface area contributed by atoms with Crippen molar-refractivity contribution in [1.29, 1.82) is 0 Å². The van der Waals surface area contributed by atoms with Gasteiger partial charge in [0.15, 0.2) is 5.78 Å². The lowest BCUT2D eigenvalue weighted by Crippen LogP contribution is -2.29. The third-order valence-corrected chi connectivity index (χ3v) is 3.05. The predicted octanol–water partition coefficient (Wildman–Crippen LogP) is 2.22. The van der Waals surface area contributed by atoms with Gasteiger partial charge in [-0.25, -0.2) is 4.79 Å². The second-order valence-corrected chi connectivity index (χ2v) is 4.22. The summed E-state index contributed by atoms with van der Waals surface area (Å²) in [4.78, 5) is 25.0. The zero-order chi connectivity index (χ0) is 13.7. The van der Waals surface area contributed by atoms with Gasteiger partial charge in [-0.1, -0.05) is 26.0 Å². The molecule has 0 amide bonds. The molecule has 0 atom stereocenters. The molecule has 0 aromatic heterocycles. The van der Waals surface area contributed by atoms with Gasteiger partial charge in [-0.3, -0.25) is 9.69 Å². The summed E-state index contributed by atoms with van der Waals surface area (Å²) in [5, 5.41) is 9.02. The van der Waals surface area contributed by atoms with Crippen LogP contribution in [0.5, 0.6) is 0 Å². The molecule has 1 rings (SSSR count). The van der Waals surface area contributed by atoms with E-state index in [0.29, 0.717) is 17.7 Å². The number of rotatable bonds is 6. The fourth-order valence-electron chi connectivity index (χ4n) is 1.77. The van der Waals surface area contributed by atoms with Crippen molar-refractivity contribution in [3.8, 4) is 0 Å². The number of nitrogens with zero attached hydrogens (tertiary/aromatic N) is 1. The van der Waals surface area contributed by atoms with Crippen molar-refractivity contribution in [3.05, 3.63) is 34.9 Å². The maximum absolute atomic E-state index is 12.0. The highest BCUT2D eigenvalue weighted by Gasteiger charge is 2.14. The second-order valence-electron chi connectivity index (χ2n) is 4.22. The Kier molecular flexibility index (Phi) is 5.04. The molecule has 4 heteroatoms. The van der Waals surface area contributed by atoms with Gasteiger partial charge in [0.2, 0.25) is 0 Å². The largest absolute Gasteiger partial charge is 0.478 e. The highest BCUT2D eigenvalue weighted by Crippen LogP contribution is 2.12. The minimum Gasteiger partial charge on any atom is -0.478 e. The second kappa shape index (κ2) is 6.31. The Hall–Kier alpha value is -1.68. The minimum atomic E-state index is -0.995. The monoisotopic (exact) mass is 249 g/mol. The zero-order valence-electron chi connectivity index (χ0n) is 11.1. The lowest BCUT2D eigenvalue weighted by atomic mass is 10.0. The molecule has 98 valence electrons. The third kappa shape index (κ3) is 3.40. The van der Waals surface area contributed by atoms with Crippen LogP contribution in [0.2, 0.25) is 0 Å². The number of likely N-dealkylation sites (N-methyl/N-ethyl adjacent to an activating group) is 1. The van der Waals surface area contributed by atoms with E-state index in [2.05, 4.69) is 0 Å². The fourth-order valence-corrected chi connectivity index (χ4v) is 1.77. The van der Waals surface area contributed by atoms with Crippen LogP contribution in [0.1, 0.15) is 40.1 Å². The number of carbonyl (C=O) groups excluding carboxylic acids is 1. The first-order valence-electron chi connectivity index (χ1n) is 6.09. The van der Waals surface area contributed by atoms with Crippen molar-refractivity contribution < 1.29 is 14.7 Å². The Morgan fingerprint density at radius 1 is 1.22 bits per heavy atom. The zero-order valence-corrected chi connectivity index (χ0v) is 11.1. The molecule has 0 aliphatic rings. The Balaban J connectivity index is 2.93. The highest BCUT2D eigenvalue weighted by atomic mass is 16.4. The number of hydrogen-bond acceptors (Lipinski definition) is 3. The Labute approximate surface area is 107 Å². The number of hydrogen-bond donors (Lipinski definition) is 1. The van der Waals surface area contributed by atoms with Crippen LogP contribution >= 0.6 is 0 Å². The third-order valence-electron chi connectivity index (χ3n) is 3.05. The van der Waals surface area contributed by atoms with E-state index in [4.69, 9.17) is 5.11 Å². The molecule has 4 nitrogen and oxygen atoms in total. The van der Waals surface area contributed by atoms with Crippen LogP contribution in [0, 0.1) is 6.92 Å². The van der Waals surface area contributed by atoms with E-state index in [-0.39, 0.29) is 11.3 Å². The molecule has 0 spiro atoms. The van der Waals surface area contributed by atoms with E-state index in [1.54, 1.807) is 19.1 Å². The van der Waals surface area contributed by atoms with Gasteiger partial charge in [-0.2, -0.15) is 0 Å². The normalized spacial score (nSPS) is 10.7. The Morgan fingerprint density at radius 3 is 2.33 bits per heavy atom. The standard InChI is InChI=1S/C14H19NO3/c1-4-15(5-2)9-13(16)11-7-6-10(3)12(8-11)14(17)18/h6-8H,4-5,9H2,1-3H3,(H,17,18). The fraction of sp³-hybridized carbons (Fsp3) is 0.429. The summed E-state index contributed by atoms with van der Waals surface area (Å²) in [7, 11) is 0. The SMILES string of the molecule is CCN(CC)CC(=O)c1ccc(C)c(C(=O)O)c1. The summed E-state index contributed by atoms with van der Waals surface area (Å²) < 4.78 is 0. The summed E-state index contributed by atoms with van der Waals surface area (Å²) in [6.45, 7) is 7.65. The number of carboxylic acids is 1. The maximum atomic E-state index is 12.0. The first kappa shape index (κ1) is 14.4. The molecular formula is C14H19NO3. The summed E-state index contributed by atoms with van der Waals surface area (Å²) in [5.41, 5.74) is 1.33. The summed E-state index contributed by atoms with van der Waals surface area (Å²) in [6.07, 6.45) is 0. The number of ketones is 1. The number of aromatic carboxylic acids is 1. The maximum Gasteiger partial charge on any atom is 0.335 e. The molecule has 0 aliphatic heterocycles. The van der Waals surface area contributed by atoms with E-state index in [1.807, 2.05) is 18.7 Å². The van der Waals surface area contributed by atoms with Crippen molar-refractivity contribution >= 4 is 11.8 Å². The molecule has 0 aliphatic carbocycles. The van der Waals surface area contributed by atoms with E-state index in [1.165, 1.54) is 6.07 Å². The van der Waals surface area contributed by atoms with Crippen LogP contribution < -0.4 is 0 Å². The average Bonchev–Trinajstić information content (AvgIpc) is 2.35. The van der Waals surface area contributed by atoms with Crippen LogP contribution in [0.15, 0.2) is 18.2 Å². The number of carbonyl (C=O) groups is 2. The molecule has 0 heterocycles. The van der Waals surface area contributed by atoms with Crippen molar-refractivity contribution in [3.63, 3.8) is 0 Å². The summed E-state index contributed by atoms with van der Waals surface area (Å²) in [6, 6.07) is 4.83. The van der Waals surface area contributed by atoms with Crippen LogP contribution in [0.25, 0.3) is 0 Å². The van der Waals surface area contributed by atoms with Gasteiger partial charge in [-0.05, 0) is 31.6 Å². The molecule has 18 heavy (non-hydrogen) atoms. The molecule has 0 bridgehead atoms. The molecule has 0 saturated heterocycles. The smallest absolute Gasteiger partial charge is 0.335 e. The molecule has 0 radical (unpaired) electrons. The van der Waals surface area contributed by atoms with Gasteiger partial charge in [0.1, 0.15) is 0 Å². The molecule has 0 saturated carbocycles. The van der Waals surface area contributed by atoms with E-state index in [0.717, 1.165) is 13.1 Å².